The summed E-state index contributed by atoms with van der Waals surface area (Å²) < 4.78 is 13.4. The number of anilines is 2. The van der Waals surface area contributed by atoms with Crippen LogP contribution in [0.4, 0.5) is 20.6 Å². The number of fused-ring (bicyclic) bond motifs is 1. The maximum atomic E-state index is 13.4. The highest BCUT2D eigenvalue weighted by atomic mass is 19.1. The van der Waals surface area contributed by atoms with Crippen LogP contribution in [0.25, 0.3) is 0 Å². The SMILES string of the molecule is C[C@H]1Cc2ccccc2N1C(=O)N[C@H]1CC(=O)N(c2cccc(F)c2)C1. The smallest absolute Gasteiger partial charge is 0.322 e. The number of para-hydroxylation sites is 1. The van der Waals surface area contributed by atoms with Crippen LogP contribution >= 0.6 is 0 Å². The van der Waals surface area contributed by atoms with E-state index < -0.39 is 0 Å². The number of hydrogen-bond donors (Lipinski definition) is 1. The Bertz CT molecular complexity index is 870. The van der Waals surface area contributed by atoms with Gasteiger partial charge < -0.3 is 10.2 Å². The summed E-state index contributed by atoms with van der Waals surface area (Å²) >= 11 is 0. The third kappa shape index (κ3) is 2.92. The Morgan fingerprint density at radius 3 is 2.77 bits per heavy atom. The Morgan fingerprint density at radius 2 is 1.96 bits per heavy atom. The van der Waals surface area contributed by atoms with Gasteiger partial charge in [0.2, 0.25) is 5.91 Å². The van der Waals surface area contributed by atoms with E-state index in [9.17, 15) is 14.0 Å². The van der Waals surface area contributed by atoms with E-state index in [1.807, 2.05) is 31.2 Å². The van der Waals surface area contributed by atoms with E-state index in [0.29, 0.717) is 12.2 Å². The molecular weight excluding hydrogens is 333 g/mol. The van der Waals surface area contributed by atoms with Gasteiger partial charge in [0.25, 0.3) is 0 Å². The van der Waals surface area contributed by atoms with Crippen molar-refractivity contribution in [1.29, 1.82) is 0 Å². The lowest BCUT2D eigenvalue weighted by molar-refractivity contribution is -0.117. The lowest BCUT2D eigenvalue weighted by Gasteiger charge is -2.25. The second-order valence-corrected chi connectivity index (χ2v) is 6.89. The first kappa shape index (κ1) is 16.6. The molecule has 3 amide bonds. The molecule has 1 fully saturated rings. The molecule has 0 aromatic heterocycles. The Hall–Kier alpha value is -2.89. The second-order valence-electron chi connectivity index (χ2n) is 6.89. The number of halogens is 1. The highest BCUT2D eigenvalue weighted by molar-refractivity contribution is 5.99. The minimum absolute atomic E-state index is 0.0730. The molecule has 2 heterocycles. The van der Waals surface area contributed by atoms with Crippen molar-refractivity contribution < 1.29 is 14.0 Å². The standard InChI is InChI=1S/C20H20FN3O2/c1-13-9-14-5-2-3-8-18(14)24(13)20(26)22-16-11-19(25)23(12-16)17-7-4-6-15(21)10-17/h2-8,10,13,16H,9,11-12H2,1H3,(H,22,26)/t13-,16-/m0/s1. The Balaban J connectivity index is 1.47. The minimum atomic E-state index is -0.384. The normalized spacial score (nSPS) is 21.8. The van der Waals surface area contributed by atoms with Gasteiger partial charge in [0, 0.05) is 30.4 Å². The molecule has 0 aliphatic carbocycles. The predicted octanol–water partition coefficient (Wildman–Crippen LogP) is 3.09. The zero-order chi connectivity index (χ0) is 18.3. The fourth-order valence-electron chi connectivity index (χ4n) is 3.82. The molecule has 134 valence electrons. The number of urea groups is 1. The molecule has 0 unspecified atom stereocenters. The van der Waals surface area contributed by atoms with Gasteiger partial charge in [0.1, 0.15) is 5.82 Å². The molecule has 0 saturated carbocycles. The number of carbonyl (C=O) groups excluding carboxylic acids is 2. The summed E-state index contributed by atoms with van der Waals surface area (Å²) in [5.74, 6) is -0.499. The number of amides is 3. The molecule has 26 heavy (non-hydrogen) atoms. The second kappa shape index (κ2) is 6.44. The Morgan fingerprint density at radius 1 is 1.15 bits per heavy atom. The van der Waals surface area contributed by atoms with Crippen LogP contribution in [0.1, 0.15) is 18.9 Å². The van der Waals surface area contributed by atoms with Gasteiger partial charge in [-0.1, -0.05) is 24.3 Å². The fourth-order valence-corrected chi connectivity index (χ4v) is 3.82. The van der Waals surface area contributed by atoms with Crippen LogP contribution in [0.3, 0.4) is 0 Å². The van der Waals surface area contributed by atoms with Gasteiger partial charge >= 0.3 is 6.03 Å². The van der Waals surface area contributed by atoms with Crippen molar-refractivity contribution >= 4 is 23.3 Å². The van der Waals surface area contributed by atoms with Gasteiger partial charge in [-0.05, 0) is 43.2 Å². The molecule has 2 atom stereocenters. The van der Waals surface area contributed by atoms with Gasteiger partial charge in [-0.25, -0.2) is 9.18 Å². The molecule has 5 nitrogen and oxygen atoms in total. The molecule has 0 bridgehead atoms. The van der Waals surface area contributed by atoms with Gasteiger partial charge in [0.15, 0.2) is 0 Å². The number of nitrogens with one attached hydrogen (secondary N) is 1. The van der Waals surface area contributed by atoms with Crippen molar-refractivity contribution in [2.45, 2.75) is 31.8 Å². The quantitative estimate of drug-likeness (QED) is 0.902. The van der Waals surface area contributed by atoms with Crippen molar-refractivity contribution in [3.05, 3.63) is 59.9 Å². The van der Waals surface area contributed by atoms with E-state index in [1.165, 1.54) is 17.0 Å². The number of nitrogens with zero attached hydrogens (tertiary/aromatic N) is 2. The van der Waals surface area contributed by atoms with E-state index in [1.54, 1.807) is 17.0 Å². The molecule has 2 aromatic rings. The van der Waals surface area contributed by atoms with Crippen molar-refractivity contribution in [2.24, 2.45) is 0 Å². The summed E-state index contributed by atoms with van der Waals surface area (Å²) in [4.78, 5) is 28.4. The van der Waals surface area contributed by atoms with Crippen LogP contribution in [0.5, 0.6) is 0 Å². The monoisotopic (exact) mass is 353 g/mol. The Kier molecular flexibility index (Phi) is 4.11. The fraction of sp³-hybridized carbons (Fsp3) is 0.300. The lowest BCUT2D eigenvalue weighted by atomic mass is 10.1. The largest absolute Gasteiger partial charge is 0.333 e. The molecule has 1 saturated heterocycles. The third-order valence-electron chi connectivity index (χ3n) is 5.00. The topological polar surface area (TPSA) is 52.7 Å². The van der Waals surface area contributed by atoms with E-state index in [-0.39, 0.29) is 36.3 Å². The highest BCUT2D eigenvalue weighted by Crippen LogP contribution is 2.32. The highest BCUT2D eigenvalue weighted by Gasteiger charge is 2.35. The van der Waals surface area contributed by atoms with Gasteiger partial charge in [0.05, 0.1) is 6.04 Å². The summed E-state index contributed by atoms with van der Waals surface area (Å²) in [7, 11) is 0. The van der Waals surface area contributed by atoms with Crippen LogP contribution < -0.4 is 15.1 Å². The molecular formula is C20H20FN3O2. The third-order valence-corrected chi connectivity index (χ3v) is 5.00. The summed E-state index contributed by atoms with van der Waals surface area (Å²) in [6.45, 7) is 2.36. The molecule has 2 aliphatic heterocycles. The van der Waals surface area contributed by atoms with E-state index in [2.05, 4.69) is 5.32 Å². The molecule has 0 spiro atoms. The van der Waals surface area contributed by atoms with Crippen LogP contribution in [0.15, 0.2) is 48.5 Å². The molecule has 4 rings (SSSR count). The number of carbonyl (C=O) groups is 2. The van der Waals surface area contributed by atoms with Crippen LogP contribution in [-0.2, 0) is 11.2 Å². The van der Waals surface area contributed by atoms with E-state index >= 15 is 0 Å². The van der Waals surface area contributed by atoms with Crippen molar-refractivity contribution in [2.75, 3.05) is 16.3 Å². The summed E-state index contributed by atoms with van der Waals surface area (Å²) in [6.07, 6.45) is 1.04. The van der Waals surface area contributed by atoms with Crippen LogP contribution in [0.2, 0.25) is 0 Å². The zero-order valence-electron chi connectivity index (χ0n) is 14.5. The van der Waals surface area contributed by atoms with Crippen molar-refractivity contribution in [3.8, 4) is 0 Å². The maximum Gasteiger partial charge on any atom is 0.322 e. The number of rotatable bonds is 2. The van der Waals surface area contributed by atoms with Crippen molar-refractivity contribution in [1.82, 2.24) is 5.32 Å². The first-order valence-corrected chi connectivity index (χ1v) is 8.76. The number of hydrogen-bond acceptors (Lipinski definition) is 2. The average Bonchev–Trinajstić information content (AvgIpc) is 3.13. The van der Waals surface area contributed by atoms with E-state index in [4.69, 9.17) is 0 Å². The van der Waals surface area contributed by atoms with Crippen molar-refractivity contribution in [3.63, 3.8) is 0 Å². The van der Waals surface area contributed by atoms with Gasteiger partial charge in [-0.15, -0.1) is 0 Å². The first-order chi connectivity index (χ1) is 12.5. The molecule has 0 radical (unpaired) electrons. The molecule has 2 aliphatic rings. The molecule has 1 N–H and O–H groups in total. The first-order valence-electron chi connectivity index (χ1n) is 8.76. The van der Waals surface area contributed by atoms with Crippen LogP contribution in [-0.4, -0.2) is 30.6 Å². The summed E-state index contributed by atoms with van der Waals surface area (Å²) in [5, 5.41) is 2.97. The minimum Gasteiger partial charge on any atom is -0.333 e. The summed E-state index contributed by atoms with van der Waals surface area (Å²) in [6, 6.07) is 13.4. The van der Waals surface area contributed by atoms with E-state index in [0.717, 1.165) is 17.7 Å². The molecule has 2 aromatic carbocycles. The average molecular weight is 353 g/mol. The lowest BCUT2D eigenvalue weighted by Crippen LogP contribution is -2.48. The Labute approximate surface area is 151 Å². The maximum absolute atomic E-state index is 13.4. The molecule has 6 heteroatoms. The predicted molar refractivity (Wildman–Crippen MR) is 97.8 cm³/mol. The van der Waals surface area contributed by atoms with Gasteiger partial charge in [-0.3, -0.25) is 9.69 Å². The zero-order valence-corrected chi connectivity index (χ0v) is 14.5. The summed E-state index contributed by atoms with van der Waals surface area (Å²) in [5.41, 5.74) is 2.59. The van der Waals surface area contributed by atoms with Crippen LogP contribution in [0, 0.1) is 5.82 Å². The van der Waals surface area contributed by atoms with Gasteiger partial charge in [-0.2, -0.15) is 0 Å². The number of benzene rings is 2.